The minimum atomic E-state index is -0.309. The number of nitrogens with zero attached hydrogens (tertiary/aromatic N) is 6. The van der Waals surface area contributed by atoms with Gasteiger partial charge in [0, 0.05) is 141 Å². The molecule has 0 N–H and O–H groups in total. The van der Waals surface area contributed by atoms with Gasteiger partial charge in [-0.2, -0.15) is 0 Å². The zero-order valence-corrected chi connectivity index (χ0v) is 76.1. The predicted molar refractivity (Wildman–Crippen MR) is 547 cm³/mol. The summed E-state index contributed by atoms with van der Waals surface area (Å²) in [6.07, 6.45) is 0. The van der Waals surface area contributed by atoms with E-state index in [0.29, 0.717) is 99.1 Å². The molecule has 0 spiro atoms. The van der Waals surface area contributed by atoms with Gasteiger partial charge in [0.05, 0.1) is 0 Å². The molecule has 18 nitrogen and oxygen atoms in total. The standard InChI is InChI=1S/C44H28N2O4.C40H24N2O4.C38H24N2O4/c1-45-41(47)35-7-3-5-33-31(21-23-37(39(33)35)43(45)49)29-17-13-27(14-18-29)25-9-11-26(12-10-25)28-15-19-30(20-16-28)32-22-24-38-40-34(32)6-4-8-36(40)42(48)46(2)44(38)50;1-41-37(43)29-15-7-13-25-27(17-19-31(35(25)29)39(41)45)33-21-9-3-5-11-23(21)34(24-12-6-4-10-22(24)33)28-18-20-32-36-26(28)14-8-16-30(36)38(44)42(2)40(32)46;1-39-35(41)29-7-3-5-27-25(17-19-31(33(27)29)37(39)43)23-13-9-21(10-14-23)22-11-15-24(16-12-22)26-18-20-32-34-28(26)6-4-8-30(34)36(42)40(2)38(32)44/h3-24H,1-2H3;3-20H,1-2H3;3-20H,1-2H3. The van der Waals surface area contributed by atoms with Gasteiger partial charge in [0.2, 0.25) is 0 Å². The van der Waals surface area contributed by atoms with Crippen LogP contribution in [0.3, 0.4) is 0 Å². The summed E-state index contributed by atoms with van der Waals surface area (Å²) >= 11 is 0. The lowest BCUT2D eigenvalue weighted by molar-refractivity contribution is 0.0635. The van der Waals surface area contributed by atoms with Crippen molar-refractivity contribution < 1.29 is 57.5 Å². The first kappa shape index (κ1) is 84.3. The van der Waals surface area contributed by atoms with E-state index in [1.165, 1.54) is 71.7 Å². The number of hydrogen-bond acceptors (Lipinski definition) is 12. The van der Waals surface area contributed by atoms with E-state index in [1.807, 2.05) is 170 Å². The van der Waals surface area contributed by atoms with Gasteiger partial charge in [0.25, 0.3) is 70.9 Å². The molecule has 140 heavy (non-hydrogen) atoms. The summed E-state index contributed by atoms with van der Waals surface area (Å²) in [5, 5.41) is 13.4. The van der Waals surface area contributed by atoms with Gasteiger partial charge in [-0.25, -0.2) is 0 Å². The SMILES string of the molecule is CN1C(=O)c2cccc3c(-c4c5ccccc5c(-c5ccc6c7c(cccc57)C(=O)N(C)C6=O)c5ccccc45)ccc(c23)C1=O.CN1C(=O)c2cccc3c(-c4ccc(-c5ccc(-c6ccc(-c7ccc8c9c(cccc79)C(=O)N(C)C8=O)cc6)cc5)cc4)ccc(c23)C1=O.CN1C(=O)c2cccc3c(-c4ccc(-c5ccc(-c6ccc7c8c(cccc68)C(=O)N(C)C7=O)cc5)cc4)ccc(c23)C1=O. The molecular weight excluding hydrogens is 1740 g/mol. The summed E-state index contributed by atoms with van der Waals surface area (Å²) in [6.45, 7) is 0. The van der Waals surface area contributed by atoms with Gasteiger partial charge >= 0.3 is 0 Å². The number of rotatable bonds is 9. The number of carbonyl (C=O) groups is 12. The molecule has 20 aromatic rings. The van der Waals surface area contributed by atoms with Crippen molar-refractivity contribution in [2.75, 3.05) is 42.3 Å². The van der Waals surface area contributed by atoms with Crippen LogP contribution >= 0.6 is 0 Å². The van der Waals surface area contributed by atoms with Crippen LogP contribution in [-0.2, 0) is 0 Å². The molecule has 0 saturated carbocycles. The molecular formula is C122H76N6O12. The number of fused-ring (bicyclic) bond motifs is 2. The van der Waals surface area contributed by atoms with E-state index in [4.69, 9.17) is 0 Å². The van der Waals surface area contributed by atoms with Gasteiger partial charge in [-0.05, 0) is 227 Å². The fourth-order valence-corrected chi connectivity index (χ4v) is 21.7. The molecule has 0 aliphatic carbocycles. The minimum Gasteiger partial charge on any atom is -0.277 e. The largest absolute Gasteiger partial charge is 0.277 e. The average Bonchev–Trinajstić information content (AvgIpc) is 0.704. The van der Waals surface area contributed by atoms with Gasteiger partial charge in [-0.3, -0.25) is 86.9 Å². The Hall–Kier alpha value is -18.7. The van der Waals surface area contributed by atoms with Crippen molar-refractivity contribution in [2.24, 2.45) is 0 Å². The Morgan fingerprint density at radius 2 is 0.236 bits per heavy atom. The quantitative estimate of drug-likeness (QED) is 0.0972. The topological polar surface area (TPSA) is 224 Å². The molecule has 20 aromatic carbocycles. The van der Waals surface area contributed by atoms with E-state index in [9.17, 15) is 57.5 Å². The molecule has 0 atom stereocenters. The second kappa shape index (κ2) is 32.0. The molecule has 0 aromatic heterocycles. The summed E-state index contributed by atoms with van der Waals surface area (Å²) in [5.41, 5.74) is 24.6. The van der Waals surface area contributed by atoms with Crippen LogP contribution in [0.4, 0.5) is 0 Å². The van der Waals surface area contributed by atoms with E-state index in [-0.39, 0.29) is 70.9 Å². The lowest BCUT2D eigenvalue weighted by Crippen LogP contribution is -2.36. The Labute approximate surface area is 800 Å². The Morgan fingerprint density at radius 3 is 0.400 bits per heavy atom. The van der Waals surface area contributed by atoms with Crippen molar-refractivity contribution in [2.45, 2.75) is 0 Å². The van der Waals surface area contributed by atoms with Crippen molar-refractivity contribution in [1.82, 2.24) is 29.4 Å². The predicted octanol–water partition coefficient (Wildman–Crippen LogP) is 24.6. The van der Waals surface area contributed by atoms with Crippen molar-refractivity contribution in [1.29, 1.82) is 0 Å². The lowest BCUT2D eigenvalue weighted by atomic mass is 9.81. The molecule has 12 amide bonds. The van der Waals surface area contributed by atoms with Crippen LogP contribution in [0.5, 0.6) is 0 Å². The second-order valence-electron chi connectivity index (χ2n) is 36.1. The smallest absolute Gasteiger partial charge is 0.261 e. The highest BCUT2D eigenvalue weighted by Gasteiger charge is 2.39. The second-order valence-corrected chi connectivity index (χ2v) is 36.1. The molecule has 666 valence electrons. The molecule has 0 saturated heterocycles. The highest BCUT2D eigenvalue weighted by Crippen LogP contribution is 2.51. The fourth-order valence-electron chi connectivity index (χ4n) is 21.7. The van der Waals surface area contributed by atoms with Gasteiger partial charge in [-0.1, -0.05) is 279 Å². The summed E-state index contributed by atoms with van der Waals surface area (Å²) < 4.78 is 0. The third-order valence-corrected chi connectivity index (χ3v) is 28.8. The number of amides is 12. The Bertz CT molecular complexity index is 8440. The monoisotopic (exact) mass is 1820 g/mol. The summed E-state index contributed by atoms with van der Waals surface area (Å²) in [5.74, 6) is -3.50. The summed E-state index contributed by atoms with van der Waals surface area (Å²) in [6, 6.07) is 115. The van der Waals surface area contributed by atoms with Crippen LogP contribution < -0.4 is 0 Å². The van der Waals surface area contributed by atoms with Gasteiger partial charge < -0.3 is 0 Å². The van der Waals surface area contributed by atoms with Crippen molar-refractivity contribution >= 4 is 157 Å². The van der Waals surface area contributed by atoms with E-state index in [2.05, 4.69) is 146 Å². The van der Waals surface area contributed by atoms with Gasteiger partial charge in [0.15, 0.2) is 0 Å². The van der Waals surface area contributed by atoms with Crippen LogP contribution in [0.25, 0.3) is 186 Å². The normalized spacial score (nSPS) is 14.2. The summed E-state index contributed by atoms with van der Waals surface area (Å²) in [4.78, 5) is 162. The Kier molecular flexibility index (Phi) is 19.3. The maximum absolute atomic E-state index is 13.2. The molecule has 0 fully saturated rings. The van der Waals surface area contributed by atoms with Crippen molar-refractivity contribution in [3.8, 4) is 100 Å². The van der Waals surface area contributed by atoms with Gasteiger partial charge in [-0.15, -0.1) is 0 Å². The minimum absolute atomic E-state index is 0.279. The number of hydrogen-bond donors (Lipinski definition) is 0. The zero-order chi connectivity index (χ0) is 96.0. The fraction of sp³-hybridized carbons (Fsp3) is 0.0492. The average molecular weight is 1820 g/mol. The zero-order valence-electron chi connectivity index (χ0n) is 76.1. The highest BCUT2D eigenvalue weighted by molar-refractivity contribution is 6.35. The number of imide groups is 6. The number of carbonyl (C=O) groups excluding carboxylic acids is 12. The molecule has 26 rings (SSSR count). The maximum Gasteiger partial charge on any atom is 0.261 e. The van der Waals surface area contributed by atoms with Crippen LogP contribution in [-0.4, -0.2) is 143 Å². The summed E-state index contributed by atoms with van der Waals surface area (Å²) in [7, 11) is 9.12. The Balaban J connectivity index is 0.000000114. The van der Waals surface area contributed by atoms with E-state index < -0.39 is 0 Å². The first-order valence-corrected chi connectivity index (χ1v) is 45.8. The van der Waals surface area contributed by atoms with E-state index in [1.54, 1.807) is 36.4 Å². The van der Waals surface area contributed by atoms with Crippen LogP contribution in [0, 0.1) is 0 Å². The molecule has 18 heteroatoms. The van der Waals surface area contributed by atoms with E-state index >= 15 is 0 Å². The molecule has 0 radical (unpaired) electrons. The molecule has 6 aliphatic heterocycles. The lowest BCUT2D eigenvalue weighted by Gasteiger charge is -2.26. The molecule has 0 unspecified atom stereocenters. The third kappa shape index (κ3) is 12.7. The molecule has 0 bridgehead atoms. The molecule has 6 heterocycles. The van der Waals surface area contributed by atoms with Crippen molar-refractivity contribution in [3.05, 3.63) is 419 Å². The van der Waals surface area contributed by atoms with Gasteiger partial charge in [0.1, 0.15) is 0 Å². The van der Waals surface area contributed by atoms with Crippen LogP contribution in [0.15, 0.2) is 352 Å². The highest BCUT2D eigenvalue weighted by atomic mass is 16.2. The maximum atomic E-state index is 13.2. The van der Waals surface area contributed by atoms with Crippen LogP contribution in [0.2, 0.25) is 0 Å². The third-order valence-electron chi connectivity index (χ3n) is 28.8. The molecule has 6 aliphatic rings. The van der Waals surface area contributed by atoms with Crippen molar-refractivity contribution in [3.63, 3.8) is 0 Å². The Morgan fingerprint density at radius 1 is 0.114 bits per heavy atom. The number of benzene rings is 20. The van der Waals surface area contributed by atoms with Crippen LogP contribution in [0.1, 0.15) is 124 Å². The van der Waals surface area contributed by atoms with E-state index in [0.717, 1.165) is 154 Å². The first-order valence-electron chi connectivity index (χ1n) is 45.8. The first-order chi connectivity index (χ1) is 68.0.